The summed E-state index contributed by atoms with van der Waals surface area (Å²) in [6, 6.07) is 5.00. The van der Waals surface area contributed by atoms with Gasteiger partial charge in [-0.05, 0) is 38.0 Å². The maximum Gasteiger partial charge on any atom is 0.338 e. The summed E-state index contributed by atoms with van der Waals surface area (Å²) < 4.78 is 5.36. The van der Waals surface area contributed by atoms with Gasteiger partial charge in [0.25, 0.3) is 5.91 Å². The lowest BCUT2D eigenvalue weighted by molar-refractivity contribution is -0.139. The Morgan fingerprint density at radius 2 is 1.71 bits per heavy atom. The number of amides is 1. The van der Waals surface area contributed by atoms with Crippen LogP contribution in [0.5, 0.6) is 0 Å². The Morgan fingerprint density at radius 1 is 1.04 bits per heavy atom. The standard InChI is InChI=1S/C18H21N3O3/c1-13(17(22)21-10-4-2-3-5-11-21)24-18(23)14-6-7-15-16(12-14)20-9-8-19-15/h6-9,12-13H,2-5,10-11H2,1H3/t13-/m1/s1. The summed E-state index contributed by atoms with van der Waals surface area (Å²) >= 11 is 0. The highest BCUT2D eigenvalue weighted by atomic mass is 16.5. The number of fused-ring (bicyclic) bond motifs is 1. The van der Waals surface area contributed by atoms with Gasteiger partial charge in [-0.2, -0.15) is 0 Å². The molecule has 126 valence electrons. The Hall–Kier alpha value is -2.50. The van der Waals surface area contributed by atoms with Gasteiger partial charge in [0.05, 0.1) is 16.6 Å². The second-order valence-electron chi connectivity index (χ2n) is 6.05. The van der Waals surface area contributed by atoms with Crippen LogP contribution in [-0.2, 0) is 9.53 Å². The van der Waals surface area contributed by atoms with Crippen molar-refractivity contribution in [2.24, 2.45) is 0 Å². The minimum absolute atomic E-state index is 0.120. The lowest BCUT2D eigenvalue weighted by Gasteiger charge is -2.24. The number of aromatic nitrogens is 2. The first-order valence-corrected chi connectivity index (χ1v) is 8.36. The van der Waals surface area contributed by atoms with E-state index in [-0.39, 0.29) is 5.91 Å². The van der Waals surface area contributed by atoms with Crippen LogP contribution in [0.25, 0.3) is 11.0 Å². The Kier molecular flexibility index (Phi) is 5.03. The zero-order valence-corrected chi connectivity index (χ0v) is 13.8. The zero-order chi connectivity index (χ0) is 16.9. The van der Waals surface area contributed by atoms with Crippen molar-refractivity contribution in [2.75, 3.05) is 13.1 Å². The monoisotopic (exact) mass is 327 g/mol. The van der Waals surface area contributed by atoms with Crippen molar-refractivity contribution < 1.29 is 14.3 Å². The van der Waals surface area contributed by atoms with Crippen LogP contribution in [-0.4, -0.2) is 45.9 Å². The van der Waals surface area contributed by atoms with Crippen molar-refractivity contribution in [3.63, 3.8) is 0 Å². The van der Waals surface area contributed by atoms with Crippen LogP contribution in [0.1, 0.15) is 43.0 Å². The average Bonchev–Trinajstić information content (AvgIpc) is 2.89. The van der Waals surface area contributed by atoms with Crippen LogP contribution < -0.4 is 0 Å². The summed E-state index contributed by atoms with van der Waals surface area (Å²) in [7, 11) is 0. The van der Waals surface area contributed by atoms with Crippen LogP contribution in [0, 0.1) is 0 Å². The normalized spacial score (nSPS) is 16.5. The van der Waals surface area contributed by atoms with Crippen molar-refractivity contribution in [2.45, 2.75) is 38.7 Å². The molecule has 24 heavy (non-hydrogen) atoms. The van der Waals surface area contributed by atoms with E-state index in [1.165, 1.54) is 0 Å². The molecule has 2 aromatic rings. The van der Waals surface area contributed by atoms with E-state index in [1.807, 2.05) is 0 Å². The molecule has 1 aromatic carbocycles. The second kappa shape index (κ2) is 7.38. The summed E-state index contributed by atoms with van der Waals surface area (Å²) in [5.41, 5.74) is 1.71. The molecule has 1 atom stereocenters. The molecule has 0 unspecified atom stereocenters. The van der Waals surface area contributed by atoms with Crippen molar-refractivity contribution >= 4 is 22.9 Å². The highest BCUT2D eigenvalue weighted by Gasteiger charge is 2.25. The van der Waals surface area contributed by atoms with Crippen LogP contribution >= 0.6 is 0 Å². The molecule has 0 bridgehead atoms. The molecular weight excluding hydrogens is 306 g/mol. The molecule has 6 nitrogen and oxygen atoms in total. The molecule has 1 fully saturated rings. The number of rotatable bonds is 3. The number of hydrogen-bond acceptors (Lipinski definition) is 5. The van der Waals surface area contributed by atoms with Gasteiger partial charge in [0.1, 0.15) is 0 Å². The Balaban J connectivity index is 1.67. The van der Waals surface area contributed by atoms with E-state index in [1.54, 1.807) is 42.4 Å². The van der Waals surface area contributed by atoms with Crippen molar-refractivity contribution in [3.8, 4) is 0 Å². The van der Waals surface area contributed by atoms with Crippen LogP contribution in [0.15, 0.2) is 30.6 Å². The molecule has 0 saturated carbocycles. The molecule has 2 heterocycles. The highest BCUT2D eigenvalue weighted by molar-refractivity contribution is 5.95. The fourth-order valence-electron chi connectivity index (χ4n) is 2.92. The van der Waals surface area contributed by atoms with Gasteiger partial charge in [-0.1, -0.05) is 12.8 Å². The SMILES string of the molecule is C[C@@H](OC(=O)c1ccc2nccnc2c1)C(=O)N1CCCCCC1. The number of likely N-dealkylation sites (tertiary alicyclic amines) is 1. The van der Waals surface area contributed by atoms with Gasteiger partial charge >= 0.3 is 5.97 Å². The Bertz CT molecular complexity index is 739. The molecule has 1 aliphatic rings. The summed E-state index contributed by atoms with van der Waals surface area (Å²) in [6.07, 6.45) is 6.70. The summed E-state index contributed by atoms with van der Waals surface area (Å²) in [6.45, 7) is 3.12. The van der Waals surface area contributed by atoms with Gasteiger partial charge in [0.2, 0.25) is 0 Å². The van der Waals surface area contributed by atoms with E-state index >= 15 is 0 Å². The predicted octanol–water partition coefficient (Wildman–Crippen LogP) is 2.58. The average molecular weight is 327 g/mol. The first kappa shape index (κ1) is 16.4. The molecule has 1 aliphatic heterocycles. The fraction of sp³-hybridized carbons (Fsp3) is 0.444. The topological polar surface area (TPSA) is 72.4 Å². The molecule has 0 spiro atoms. The minimum Gasteiger partial charge on any atom is -0.449 e. The molecule has 3 rings (SSSR count). The molecule has 1 aromatic heterocycles. The Morgan fingerprint density at radius 3 is 2.42 bits per heavy atom. The van der Waals surface area contributed by atoms with E-state index in [0.29, 0.717) is 16.6 Å². The minimum atomic E-state index is -0.784. The first-order valence-electron chi connectivity index (χ1n) is 8.36. The van der Waals surface area contributed by atoms with Crippen LogP contribution in [0.3, 0.4) is 0 Å². The van der Waals surface area contributed by atoms with Crippen molar-refractivity contribution in [1.82, 2.24) is 14.9 Å². The number of benzene rings is 1. The molecular formula is C18H21N3O3. The van der Waals surface area contributed by atoms with Gasteiger partial charge in [-0.15, -0.1) is 0 Å². The number of nitrogens with zero attached hydrogens (tertiary/aromatic N) is 3. The number of hydrogen-bond donors (Lipinski definition) is 0. The molecule has 0 radical (unpaired) electrons. The van der Waals surface area contributed by atoms with E-state index in [9.17, 15) is 9.59 Å². The van der Waals surface area contributed by atoms with Gasteiger partial charge < -0.3 is 9.64 Å². The fourth-order valence-corrected chi connectivity index (χ4v) is 2.92. The maximum absolute atomic E-state index is 12.5. The number of esters is 1. The lowest BCUT2D eigenvalue weighted by atomic mass is 10.2. The Labute approximate surface area is 140 Å². The largest absolute Gasteiger partial charge is 0.449 e. The number of ether oxygens (including phenoxy) is 1. The van der Waals surface area contributed by atoms with E-state index in [2.05, 4.69) is 9.97 Å². The van der Waals surface area contributed by atoms with E-state index in [0.717, 1.165) is 38.8 Å². The molecule has 1 amide bonds. The summed E-state index contributed by atoms with van der Waals surface area (Å²) in [5.74, 6) is -0.635. The molecule has 0 N–H and O–H groups in total. The van der Waals surface area contributed by atoms with Crippen LogP contribution in [0.4, 0.5) is 0 Å². The first-order chi connectivity index (χ1) is 11.6. The third-order valence-corrected chi connectivity index (χ3v) is 4.25. The third-order valence-electron chi connectivity index (χ3n) is 4.25. The molecule has 0 aliphatic carbocycles. The summed E-state index contributed by atoms with van der Waals surface area (Å²) in [5, 5.41) is 0. The van der Waals surface area contributed by atoms with Gasteiger partial charge in [0, 0.05) is 25.5 Å². The maximum atomic E-state index is 12.5. The van der Waals surface area contributed by atoms with Gasteiger partial charge in [-0.3, -0.25) is 14.8 Å². The highest BCUT2D eigenvalue weighted by Crippen LogP contribution is 2.15. The van der Waals surface area contributed by atoms with Gasteiger partial charge in [0.15, 0.2) is 6.10 Å². The second-order valence-corrected chi connectivity index (χ2v) is 6.05. The number of carbonyl (C=O) groups is 2. The number of carbonyl (C=O) groups excluding carboxylic acids is 2. The van der Waals surface area contributed by atoms with Crippen molar-refractivity contribution in [3.05, 3.63) is 36.2 Å². The zero-order valence-electron chi connectivity index (χ0n) is 13.8. The molecule has 6 heteroatoms. The van der Waals surface area contributed by atoms with Gasteiger partial charge in [-0.25, -0.2) is 4.79 Å². The predicted molar refractivity (Wildman–Crippen MR) is 89.5 cm³/mol. The summed E-state index contributed by atoms with van der Waals surface area (Å²) in [4.78, 5) is 34.9. The third kappa shape index (κ3) is 3.69. The van der Waals surface area contributed by atoms with E-state index in [4.69, 9.17) is 4.74 Å². The quantitative estimate of drug-likeness (QED) is 0.810. The smallest absolute Gasteiger partial charge is 0.338 e. The lowest BCUT2D eigenvalue weighted by Crippen LogP contribution is -2.40. The van der Waals surface area contributed by atoms with Crippen molar-refractivity contribution in [1.29, 1.82) is 0 Å². The van der Waals surface area contributed by atoms with E-state index < -0.39 is 12.1 Å². The molecule has 1 saturated heterocycles. The van der Waals surface area contributed by atoms with Crippen LogP contribution in [0.2, 0.25) is 0 Å².